The van der Waals surface area contributed by atoms with Crippen LogP contribution in [0.1, 0.15) is 37.8 Å². The average Bonchev–Trinajstić information content (AvgIpc) is 2.67. The number of carbonyl (C=O) groups is 2. The number of piperidine rings is 1. The van der Waals surface area contributed by atoms with Crippen LogP contribution in [0, 0.1) is 5.92 Å². The van der Waals surface area contributed by atoms with Gasteiger partial charge in [-0.3, -0.25) is 9.59 Å². The first-order valence-corrected chi connectivity index (χ1v) is 9.86. The van der Waals surface area contributed by atoms with E-state index >= 15 is 0 Å². The molecule has 26 heavy (non-hydrogen) atoms. The van der Waals surface area contributed by atoms with Crippen molar-refractivity contribution in [3.8, 4) is 0 Å². The van der Waals surface area contributed by atoms with E-state index in [1.54, 1.807) is 0 Å². The zero-order chi connectivity index (χ0) is 18.7. The Bertz CT molecular complexity index is 673. The van der Waals surface area contributed by atoms with E-state index in [1.807, 2.05) is 36.9 Å². The van der Waals surface area contributed by atoms with Gasteiger partial charge in [0.15, 0.2) is 5.60 Å². The highest BCUT2D eigenvalue weighted by molar-refractivity contribution is 6.27. The Hall–Kier alpha value is -1.59. The first-order chi connectivity index (χ1) is 12.5. The van der Waals surface area contributed by atoms with E-state index in [9.17, 15) is 9.59 Å². The van der Waals surface area contributed by atoms with E-state index in [0.717, 1.165) is 24.8 Å². The number of carbonyl (C=O) groups excluding carboxylic acids is 2. The minimum absolute atomic E-state index is 0.0171. The molecule has 1 aromatic carbocycles. The summed E-state index contributed by atoms with van der Waals surface area (Å²) in [7, 11) is 0. The summed E-state index contributed by atoms with van der Waals surface area (Å²) in [5.74, 6) is 0.244. The molecule has 0 spiro atoms. The molecule has 2 aliphatic heterocycles. The van der Waals surface area contributed by atoms with Gasteiger partial charge >= 0.3 is 0 Å². The van der Waals surface area contributed by atoms with Gasteiger partial charge in [0.05, 0.1) is 6.61 Å². The van der Waals surface area contributed by atoms with Crippen molar-refractivity contribution in [1.29, 1.82) is 0 Å². The van der Waals surface area contributed by atoms with Gasteiger partial charge in [-0.05, 0) is 50.2 Å². The fourth-order valence-electron chi connectivity index (χ4n) is 4.14. The van der Waals surface area contributed by atoms with Crippen molar-refractivity contribution in [2.24, 2.45) is 5.92 Å². The number of hydrogen-bond acceptors (Lipinski definition) is 3. The number of nitrogens with one attached hydrogen (secondary N) is 1. The molecule has 2 atom stereocenters. The first kappa shape index (κ1) is 19.2. The van der Waals surface area contributed by atoms with Crippen LogP contribution < -0.4 is 5.32 Å². The Kier molecular flexibility index (Phi) is 5.88. The molecule has 2 aliphatic rings. The van der Waals surface area contributed by atoms with Gasteiger partial charge in [0, 0.05) is 19.1 Å². The van der Waals surface area contributed by atoms with E-state index in [4.69, 9.17) is 16.3 Å². The number of ether oxygens (including phenoxy) is 1. The highest BCUT2D eigenvalue weighted by Crippen LogP contribution is 2.35. The van der Waals surface area contributed by atoms with Crippen LogP contribution in [0.25, 0.3) is 0 Å². The third-order valence-corrected chi connectivity index (χ3v) is 5.99. The molecular weight excluding hydrogens is 352 g/mol. The lowest BCUT2D eigenvalue weighted by atomic mass is 9.85. The number of likely N-dealkylation sites (tertiary alicyclic amines) is 1. The molecule has 3 rings (SSSR count). The molecule has 1 fully saturated rings. The zero-order valence-electron chi connectivity index (χ0n) is 15.5. The molecule has 1 N–H and O–H groups in total. The van der Waals surface area contributed by atoms with Crippen molar-refractivity contribution in [3.05, 3.63) is 35.4 Å². The molecule has 0 aliphatic carbocycles. The molecular formula is C20H27ClN2O3. The van der Waals surface area contributed by atoms with Crippen molar-refractivity contribution in [1.82, 2.24) is 10.2 Å². The van der Waals surface area contributed by atoms with Gasteiger partial charge in [0.1, 0.15) is 5.88 Å². The zero-order valence-corrected chi connectivity index (χ0v) is 16.2. The maximum absolute atomic E-state index is 13.3. The molecule has 6 heteroatoms. The lowest BCUT2D eigenvalue weighted by Gasteiger charge is -2.41. The second-order valence-electron chi connectivity index (χ2n) is 7.41. The maximum Gasteiger partial charge on any atom is 0.259 e. The Morgan fingerprint density at radius 2 is 2.04 bits per heavy atom. The summed E-state index contributed by atoms with van der Waals surface area (Å²) >= 11 is 5.56. The van der Waals surface area contributed by atoms with E-state index in [1.165, 1.54) is 5.56 Å². The molecule has 1 saturated heterocycles. The summed E-state index contributed by atoms with van der Waals surface area (Å²) in [5.41, 5.74) is 1.28. The van der Waals surface area contributed by atoms with Crippen LogP contribution in [0.4, 0.5) is 0 Å². The highest BCUT2D eigenvalue weighted by atomic mass is 35.5. The summed E-state index contributed by atoms with van der Waals surface area (Å²) in [5, 5.41) is 2.93. The normalized spacial score (nSPS) is 24.7. The van der Waals surface area contributed by atoms with E-state index in [-0.39, 0.29) is 23.7 Å². The van der Waals surface area contributed by atoms with E-state index < -0.39 is 5.60 Å². The number of nitrogens with zero attached hydrogens (tertiary/aromatic N) is 1. The minimum atomic E-state index is -0.903. The monoisotopic (exact) mass is 378 g/mol. The number of alkyl halides is 1. The summed E-state index contributed by atoms with van der Waals surface area (Å²) in [6.07, 6.45) is 2.58. The molecule has 5 nitrogen and oxygen atoms in total. The topological polar surface area (TPSA) is 58.6 Å². The predicted octanol–water partition coefficient (Wildman–Crippen LogP) is 2.46. The predicted molar refractivity (Wildman–Crippen MR) is 101 cm³/mol. The molecule has 0 bridgehead atoms. The van der Waals surface area contributed by atoms with Crippen LogP contribution >= 0.6 is 11.6 Å². The van der Waals surface area contributed by atoms with Gasteiger partial charge in [-0.15, -0.1) is 11.6 Å². The Morgan fingerprint density at radius 3 is 2.73 bits per heavy atom. The van der Waals surface area contributed by atoms with Gasteiger partial charge in [-0.1, -0.05) is 24.3 Å². The number of hydrogen-bond donors (Lipinski definition) is 1. The number of amides is 2. The molecule has 0 radical (unpaired) electrons. The molecule has 2 heterocycles. The lowest BCUT2D eigenvalue weighted by molar-refractivity contribution is -0.161. The quantitative estimate of drug-likeness (QED) is 0.819. The third-order valence-electron chi connectivity index (χ3n) is 5.75. The third kappa shape index (κ3) is 3.74. The number of halogens is 1. The molecule has 0 aromatic heterocycles. The minimum Gasteiger partial charge on any atom is -0.360 e. The van der Waals surface area contributed by atoms with Gasteiger partial charge in [0.2, 0.25) is 5.91 Å². The maximum atomic E-state index is 13.3. The summed E-state index contributed by atoms with van der Waals surface area (Å²) in [6.45, 7) is 5.84. The first-order valence-electron chi connectivity index (χ1n) is 9.32. The number of benzene rings is 1. The molecule has 0 saturated carbocycles. The Balaban J connectivity index is 1.65. The number of fused-ring (bicyclic) bond motifs is 1. The van der Waals surface area contributed by atoms with Crippen molar-refractivity contribution in [2.75, 3.05) is 25.6 Å². The van der Waals surface area contributed by atoms with E-state index in [2.05, 4.69) is 11.4 Å². The summed E-state index contributed by atoms with van der Waals surface area (Å²) in [4.78, 5) is 26.6. The van der Waals surface area contributed by atoms with Gasteiger partial charge in [-0.25, -0.2) is 0 Å². The molecule has 1 aromatic rings. The van der Waals surface area contributed by atoms with E-state index in [0.29, 0.717) is 25.6 Å². The summed E-state index contributed by atoms with van der Waals surface area (Å²) in [6, 6.07) is 8.13. The van der Waals surface area contributed by atoms with Crippen LogP contribution in [0.5, 0.6) is 0 Å². The Labute approximate surface area is 160 Å². The fourth-order valence-corrected chi connectivity index (χ4v) is 4.22. The lowest BCUT2D eigenvalue weighted by Crippen LogP contribution is -2.52. The second-order valence-corrected chi connectivity index (χ2v) is 7.68. The van der Waals surface area contributed by atoms with Gasteiger partial charge < -0.3 is 15.0 Å². The van der Waals surface area contributed by atoms with Crippen LogP contribution in [0.3, 0.4) is 0 Å². The average molecular weight is 379 g/mol. The van der Waals surface area contributed by atoms with Gasteiger partial charge in [0.25, 0.3) is 5.91 Å². The standard InChI is InChI=1S/C20H27ClN2O3/c1-14(22-18(24)13-21)15-7-10-23(11-8-15)19(25)20(2)17-6-4-3-5-16(17)9-12-26-20/h3-6,14-15H,7-13H2,1-2H3,(H,22,24). The number of rotatable bonds is 4. The smallest absolute Gasteiger partial charge is 0.259 e. The largest absolute Gasteiger partial charge is 0.360 e. The Morgan fingerprint density at radius 1 is 1.35 bits per heavy atom. The van der Waals surface area contributed by atoms with Crippen molar-refractivity contribution in [3.63, 3.8) is 0 Å². The van der Waals surface area contributed by atoms with Crippen LogP contribution in [-0.4, -0.2) is 48.3 Å². The second kappa shape index (κ2) is 7.97. The fraction of sp³-hybridized carbons (Fsp3) is 0.600. The van der Waals surface area contributed by atoms with Crippen molar-refractivity contribution < 1.29 is 14.3 Å². The van der Waals surface area contributed by atoms with Crippen molar-refractivity contribution in [2.45, 2.75) is 44.8 Å². The SMILES string of the molecule is CC(NC(=O)CCl)C1CCN(C(=O)C2(C)OCCc3ccccc32)CC1. The van der Waals surface area contributed by atoms with Crippen LogP contribution in [-0.2, 0) is 26.3 Å². The molecule has 142 valence electrons. The van der Waals surface area contributed by atoms with Gasteiger partial charge in [-0.2, -0.15) is 0 Å². The highest BCUT2D eigenvalue weighted by Gasteiger charge is 2.43. The van der Waals surface area contributed by atoms with Crippen LogP contribution in [0.15, 0.2) is 24.3 Å². The van der Waals surface area contributed by atoms with Crippen molar-refractivity contribution >= 4 is 23.4 Å². The molecule has 2 unspecified atom stereocenters. The summed E-state index contributed by atoms with van der Waals surface area (Å²) < 4.78 is 5.99. The van der Waals surface area contributed by atoms with Crippen LogP contribution in [0.2, 0.25) is 0 Å². The molecule has 2 amide bonds.